The van der Waals surface area contributed by atoms with Crippen molar-refractivity contribution in [1.29, 1.82) is 0 Å². The van der Waals surface area contributed by atoms with Crippen LogP contribution in [-0.4, -0.2) is 25.8 Å². The maximum absolute atomic E-state index is 10.8. The Hall–Kier alpha value is -1.88. The fourth-order valence-electron chi connectivity index (χ4n) is 1.18. The van der Waals surface area contributed by atoms with E-state index in [4.69, 9.17) is 16.7 Å². The molecule has 0 saturated carbocycles. The minimum atomic E-state index is -1.02. The molecule has 0 bridgehead atoms. The number of halogens is 1. The van der Waals surface area contributed by atoms with Gasteiger partial charge in [0.05, 0.1) is 11.3 Å². The van der Waals surface area contributed by atoms with Crippen LogP contribution in [0.2, 0.25) is 5.02 Å². The molecule has 2 aromatic rings. The number of rotatable bonds is 2. The second kappa shape index (κ2) is 3.70. The Morgan fingerprint density at radius 1 is 1.27 bits per heavy atom. The molecule has 2 rings (SSSR count). The summed E-state index contributed by atoms with van der Waals surface area (Å²) in [6.45, 7) is 0. The van der Waals surface area contributed by atoms with Crippen molar-refractivity contribution in [3.8, 4) is 5.69 Å². The smallest absolute Gasteiger partial charge is 0.335 e. The fourth-order valence-corrected chi connectivity index (χ4v) is 1.41. The number of carbonyl (C=O) groups is 1. The Labute approximate surface area is 89.9 Å². The molecule has 0 fully saturated rings. The summed E-state index contributed by atoms with van der Waals surface area (Å²) in [5.41, 5.74) is 0.746. The van der Waals surface area contributed by atoms with Crippen molar-refractivity contribution >= 4 is 17.6 Å². The van der Waals surface area contributed by atoms with Gasteiger partial charge in [0.2, 0.25) is 0 Å². The summed E-state index contributed by atoms with van der Waals surface area (Å²) in [5, 5.41) is 16.4. The van der Waals surface area contributed by atoms with Crippen LogP contribution < -0.4 is 0 Å². The fraction of sp³-hybridized carbons (Fsp3) is 0. The molecule has 0 saturated heterocycles. The Bertz CT molecular complexity index is 496. The summed E-state index contributed by atoms with van der Waals surface area (Å²) in [7, 11) is 0. The third-order valence-electron chi connectivity index (χ3n) is 1.85. The van der Waals surface area contributed by atoms with Crippen molar-refractivity contribution in [2.75, 3.05) is 0 Å². The molecular weight excluding hydrogens is 218 g/mol. The zero-order chi connectivity index (χ0) is 10.8. The minimum Gasteiger partial charge on any atom is -0.478 e. The summed E-state index contributed by atoms with van der Waals surface area (Å²) in [5.74, 6) is -1.02. The third kappa shape index (κ3) is 1.97. The van der Waals surface area contributed by atoms with Crippen LogP contribution in [0, 0.1) is 0 Å². The Kier molecular flexibility index (Phi) is 2.39. The molecule has 0 aliphatic heterocycles. The van der Waals surface area contributed by atoms with E-state index in [9.17, 15) is 4.79 Å². The maximum atomic E-state index is 10.8. The van der Waals surface area contributed by atoms with E-state index in [1.54, 1.807) is 10.6 Å². The molecule has 6 heteroatoms. The quantitative estimate of drug-likeness (QED) is 0.840. The van der Waals surface area contributed by atoms with Crippen LogP contribution in [0.3, 0.4) is 0 Å². The summed E-state index contributed by atoms with van der Waals surface area (Å²) in [4.78, 5) is 10.8. The van der Waals surface area contributed by atoms with E-state index in [0.717, 1.165) is 0 Å². The largest absolute Gasteiger partial charge is 0.478 e. The lowest BCUT2D eigenvalue weighted by Gasteiger charge is -2.03. The number of benzene rings is 1. The molecule has 1 heterocycles. The van der Waals surface area contributed by atoms with Crippen LogP contribution in [0.25, 0.3) is 5.69 Å². The molecule has 0 aliphatic rings. The molecular formula is C9H6ClN3O2. The number of aromatic carboxylic acids is 1. The minimum absolute atomic E-state index is 0.131. The van der Waals surface area contributed by atoms with E-state index in [1.165, 1.54) is 24.8 Å². The average Bonchev–Trinajstić information content (AvgIpc) is 2.69. The van der Waals surface area contributed by atoms with Gasteiger partial charge in [-0.2, -0.15) is 0 Å². The van der Waals surface area contributed by atoms with E-state index in [1.807, 2.05) is 0 Å². The molecule has 1 N–H and O–H groups in total. The molecule has 1 aromatic carbocycles. The molecule has 5 nitrogen and oxygen atoms in total. The summed E-state index contributed by atoms with van der Waals surface area (Å²) in [6.07, 6.45) is 2.94. The van der Waals surface area contributed by atoms with Gasteiger partial charge in [0.15, 0.2) is 0 Å². The SMILES string of the molecule is O=C(O)c1cc(Cl)cc(-n2cnnc2)c1. The highest BCUT2D eigenvalue weighted by Gasteiger charge is 2.07. The van der Waals surface area contributed by atoms with Crippen LogP contribution in [0.5, 0.6) is 0 Å². The number of carboxylic acids is 1. The van der Waals surface area contributed by atoms with Gasteiger partial charge in [-0.1, -0.05) is 11.6 Å². The van der Waals surface area contributed by atoms with Crippen LogP contribution in [0.15, 0.2) is 30.9 Å². The van der Waals surface area contributed by atoms with Gasteiger partial charge in [-0.3, -0.25) is 4.57 Å². The number of hydrogen-bond acceptors (Lipinski definition) is 3. The lowest BCUT2D eigenvalue weighted by atomic mass is 10.2. The van der Waals surface area contributed by atoms with Crippen LogP contribution in [0.4, 0.5) is 0 Å². The van der Waals surface area contributed by atoms with Gasteiger partial charge in [0.25, 0.3) is 0 Å². The van der Waals surface area contributed by atoms with Gasteiger partial charge in [-0.05, 0) is 18.2 Å². The zero-order valence-electron chi connectivity index (χ0n) is 7.46. The molecule has 1 aromatic heterocycles. The predicted octanol–water partition coefficient (Wildman–Crippen LogP) is 1.62. The summed E-state index contributed by atoms with van der Waals surface area (Å²) < 4.78 is 1.58. The topological polar surface area (TPSA) is 68.0 Å². The van der Waals surface area contributed by atoms with Crippen LogP contribution >= 0.6 is 11.6 Å². The number of hydrogen-bond donors (Lipinski definition) is 1. The van der Waals surface area contributed by atoms with Crippen molar-refractivity contribution in [3.05, 3.63) is 41.4 Å². The van der Waals surface area contributed by atoms with E-state index in [0.29, 0.717) is 10.7 Å². The first kappa shape index (κ1) is 9.67. The van der Waals surface area contributed by atoms with Crippen molar-refractivity contribution < 1.29 is 9.90 Å². The molecule has 0 amide bonds. The summed E-state index contributed by atoms with van der Waals surface area (Å²) in [6, 6.07) is 4.52. The van der Waals surface area contributed by atoms with Crippen molar-refractivity contribution in [1.82, 2.24) is 14.8 Å². The maximum Gasteiger partial charge on any atom is 0.335 e. The average molecular weight is 224 g/mol. The van der Waals surface area contributed by atoms with Crippen molar-refractivity contribution in [2.24, 2.45) is 0 Å². The van der Waals surface area contributed by atoms with Gasteiger partial charge in [-0.25, -0.2) is 4.79 Å². The van der Waals surface area contributed by atoms with E-state index >= 15 is 0 Å². The van der Waals surface area contributed by atoms with Gasteiger partial charge in [0.1, 0.15) is 12.7 Å². The first-order valence-corrected chi connectivity index (χ1v) is 4.43. The zero-order valence-corrected chi connectivity index (χ0v) is 8.22. The van der Waals surface area contributed by atoms with Crippen LogP contribution in [0.1, 0.15) is 10.4 Å². The van der Waals surface area contributed by atoms with E-state index in [2.05, 4.69) is 10.2 Å². The second-order valence-electron chi connectivity index (χ2n) is 2.87. The van der Waals surface area contributed by atoms with Gasteiger partial charge in [0, 0.05) is 5.02 Å². The molecule has 15 heavy (non-hydrogen) atoms. The molecule has 0 spiro atoms. The molecule has 0 unspecified atom stereocenters. The Morgan fingerprint density at radius 3 is 2.53 bits per heavy atom. The lowest BCUT2D eigenvalue weighted by molar-refractivity contribution is 0.0697. The van der Waals surface area contributed by atoms with Crippen molar-refractivity contribution in [2.45, 2.75) is 0 Å². The standard InChI is InChI=1S/C9H6ClN3O2/c10-7-1-6(9(14)15)2-8(3-7)13-4-11-12-5-13/h1-5H,(H,14,15). The first-order chi connectivity index (χ1) is 7.16. The summed E-state index contributed by atoms with van der Waals surface area (Å²) >= 11 is 5.79. The Morgan fingerprint density at radius 2 is 1.93 bits per heavy atom. The van der Waals surface area contributed by atoms with Crippen LogP contribution in [-0.2, 0) is 0 Å². The first-order valence-electron chi connectivity index (χ1n) is 4.06. The monoisotopic (exact) mass is 223 g/mol. The highest BCUT2D eigenvalue weighted by Crippen LogP contribution is 2.17. The lowest BCUT2D eigenvalue weighted by Crippen LogP contribution is -1.99. The number of aromatic nitrogens is 3. The van der Waals surface area contributed by atoms with Crippen molar-refractivity contribution in [3.63, 3.8) is 0 Å². The number of nitrogens with zero attached hydrogens (tertiary/aromatic N) is 3. The Balaban J connectivity index is 2.54. The van der Waals surface area contributed by atoms with Gasteiger partial charge in [-0.15, -0.1) is 10.2 Å². The molecule has 0 radical (unpaired) electrons. The third-order valence-corrected chi connectivity index (χ3v) is 2.06. The highest BCUT2D eigenvalue weighted by molar-refractivity contribution is 6.31. The predicted molar refractivity (Wildman–Crippen MR) is 53.3 cm³/mol. The second-order valence-corrected chi connectivity index (χ2v) is 3.31. The van der Waals surface area contributed by atoms with Gasteiger partial charge < -0.3 is 5.11 Å². The highest BCUT2D eigenvalue weighted by atomic mass is 35.5. The number of carboxylic acid groups (broad SMARTS) is 1. The molecule has 0 atom stereocenters. The van der Waals surface area contributed by atoms with E-state index in [-0.39, 0.29) is 5.56 Å². The van der Waals surface area contributed by atoms with Gasteiger partial charge >= 0.3 is 5.97 Å². The molecule has 0 aliphatic carbocycles. The normalized spacial score (nSPS) is 10.2. The van der Waals surface area contributed by atoms with E-state index < -0.39 is 5.97 Å². The molecule has 76 valence electrons.